The minimum atomic E-state index is 1.14. The minimum absolute atomic E-state index is 1.14. The third-order valence-electron chi connectivity index (χ3n) is 30.3. The summed E-state index contributed by atoms with van der Waals surface area (Å²) < 4.78 is 14.7. The van der Waals surface area contributed by atoms with Crippen molar-refractivity contribution in [2.24, 2.45) is 0 Å². The predicted molar refractivity (Wildman–Crippen MR) is 634 cm³/mol. The predicted octanol–water partition coefficient (Wildman–Crippen LogP) is 38.6. The first-order valence-electron chi connectivity index (χ1n) is 51.6. The Morgan fingerprint density at radius 3 is 0.653 bits per heavy atom. The van der Waals surface area contributed by atoms with E-state index in [2.05, 4.69) is 610 Å². The maximum atomic E-state index is 2.48. The van der Waals surface area contributed by atoms with E-state index in [-0.39, 0.29) is 0 Å². The first kappa shape index (κ1) is 87.8. The highest BCUT2D eigenvalue weighted by Crippen LogP contribution is 2.50. The van der Waals surface area contributed by atoms with Gasteiger partial charge in [0.15, 0.2) is 0 Å². The van der Waals surface area contributed by atoms with Crippen LogP contribution in [0.15, 0.2) is 582 Å². The fraction of sp³-hybridized carbons (Fsp3) is 0. The van der Waals surface area contributed by atoms with Crippen LogP contribution in [-0.4, -0.2) is 27.4 Å². The van der Waals surface area contributed by atoms with Crippen molar-refractivity contribution in [1.82, 2.24) is 27.4 Å². The van der Waals surface area contributed by atoms with Gasteiger partial charge in [-0.1, -0.05) is 437 Å². The van der Waals surface area contributed by atoms with Gasteiger partial charge in [0, 0.05) is 98.8 Å². The largest absolute Gasteiger partial charge is 0.309 e. The molecule has 0 saturated carbocycles. The fourth-order valence-corrected chi connectivity index (χ4v) is 23.4. The van der Waals surface area contributed by atoms with Gasteiger partial charge < -0.3 is 27.4 Å². The number of rotatable bonds is 15. The fourth-order valence-electron chi connectivity index (χ4n) is 23.4. The van der Waals surface area contributed by atoms with Crippen LogP contribution in [0, 0.1) is 0 Å². The van der Waals surface area contributed by atoms with Gasteiger partial charge in [-0.3, -0.25) is 0 Å². The number of hydrogen-bond donors (Lipinski definition) is 0. The molecule has 0 spiro atoms. The molecule has 0 unspecified atom stereocenters. The third kappa shape index (κ3) is 15.4. The van der Waals surface area contributed by atoms with Gasteiger partial charge in [-0.05, 0) is 246 Å². The van der Waals surface area contributed by atoms with Crippen LogP contribution in [0.4, 0.5) is 0 Å². The first-order chi connectivity index (χ1) is 74.4. The Hall–Kier alpha value is -19.9. The quantitative estimate of drug-likeness (QED) is 0.0979. The smallest absolute Gasteiger partial charge is 0.0641 e. The Morgan fingerprint density at radius 2 is 0.287 bits per heavy atom. The maximum Gasteiger partial charge on any atom is 0.0641 e. The second-order valence-corrected chi connectivity index (χ2v) is 38.9. The van der Waals surface area contributed by atoms with Gasteiger partial charge in [-0.25, -0.2) is 0 Å². The van der Waals surface area contributed by atoms with Gasteiger partial charge >= 0.3 is 0 Å². The highest BCUT2D eigenvalue weighted by molar-refractivity contribution is 6.30. The van der Waals surface area contributed by atoms with E-state index in [1.54, 1.807) is 0 Å². The number of aromatic nitrogens is 6. The van der Waals surface area contributed by atoms with Gasteiger partial charge in [-0.15, -0.1) is 0 Å². The molecule has 6 heteroatoms. The summed E-state index contributed by atoms with van der Waals surface area (Å²) >= 11 is 0. The van der Waals surface area contributed by atoms with Crippen molar-refractivity contribution in [3.63, 3.8) is 0 Å². The van der Waals surface area contributed by atoms with Crippen LogP contribution in [0.2, 0.25) is 0 Å². The summed E-state index contributed by atoms with van der Waals surface area (Å²) in [5.74, 6) is 0. The molecule has 30 aromatic rings. The molecule has 0 aliphatic heterocycles. The number of hydrogen-bond acceptors (Lipinski definition) is 0. The van der Waals surface area contributed by atoms with Crippen LogP contribution in [0.3, 0.4) is 0 Å². The van der Waals surface area contributed by atoms with Gasteiger partial charge in [0.2, 0.25) is 0 Å². The van der Waals surface area contributed by atoms with Crippen molar-refractivity contribution in [2.75, 3.05) is 0 Å². The second-order valence-electron chi connectivity index (χ2n) is 38.9. The molecule has 0 radical (unpaired) electrons. The lowest BCUT2D eigenvalue weighted by Crippen LogP contribution is -1.96. The standard InChI is InChI=1S/3C48H32N2/c1-4-14-33(15-5-1)35-18-12-19-36(30-35)37-20-13-23-40(31-37)50-44-25-11-10-24-41(44)42-28-29-45-47(48(42)50)43-27-26-38(34-16-6-2-7-17-34)32-46(43)49(45)39-21-8-3-9-22-39;1-4-13-33(14-5-1)36-17-12-18-37(31-36)35-23-26-40(27-24-35)49-45-29-25-38(34-15-6-2-7-16-34)32-43(45)47-46(49)30-28-42-41-21-10-11-22-44(41)50(48(42)47)39-19-8-3-9-20-39;1-4-12-33(13-5-1)35-20-22-36(23-21-35)37-24-27-40(28-25-37)50-44-19-11-10-18-41(44)42-30-31-45-47(48(42)50)43-29-26-38(34-14-6-2-7-15-34)32-46(43)49(45)39-16-8-3-9-17-39/h3*1-32H. The normalized spacial score (nSPS) is 11.6. The van der Waals surface area contributed by atoms with Crippen molar-refractivity contribution in [3.8, 4) is 134 Å². The minimum Gasteiger partial charge on any atom is -0.309 e. The van der Waals surface area contributed by atoms with E-state index in [4.69, 9.17) is 0 Å². The summed E-state index contributed by atoms with van der Waals surface area (Å²) in [5, 5.41) is 15.0. The summed E-state index contributed by atoms with van der Waals surface area (Å²) in [6.45, 7) is 0. The van der Waals surface area contributed by atoms with Crippen LogP contribution in [-0.2, 0) is 0 Å². The summed E-state index contributed by atoms with van der Waals surface area (Å²) in [7, 11) is 0. The SMILES string of the molecule is c1ccc(-c2ccc(-c3ccc(-n4c5ccccc5c5ccc6c(c7ccc(-c8ccccc8)cc7n6-c6ccccc6)c54)cc3)cc2)cc1.c1ccc(-c2cccc(-c3ccc(-n4c5ccc(-c6ccccc6)cc5c5c4ccc4c6ccccc6n(-c6ccccc6)c45)cc3)c2)cc1.c1ccc(-c2cccc(-c3cccc(-n4c5ccccc5c5ccc6c(c7ccc(-c8ccccc8)cc7n6-c6ccccc6)c54)c3)c2)cc1. The number of para-hydroxylation sites is 6. The molecule has 0 atom stereocenters. The molecule has 30 rings (SSSR count). The molecule has 0 N–H and O–H groups in total. The van der Waals surface area contributed by atoms with Crippen molar-refractivity contribution in [2.45, 2.75) is 0 Å². The monoisotopic (exact) mass is 1910 g/mol. The zero-order chi connectivity index (χ0) is 99.1. The van der Waals surface area contributed by atoms with Crippen molar-refractivity contribution in [1.29, 1.82) is 0 Å². The topological polar surface area (TPSA) is 29.6 Å². The molecule has 0 amide bonds. The highest BCUT2D eigenvalue weighted by Gasteiger charge is 2.28. The van der Waals surface area contributed by atoms with Crippen molar-refractivity contribution in [3.05, 3.63) is 582 Å². The summed E-state index contributed by atoms with van der Waals surface area (Å²) in [6, 6.07) is 211. The molecule has 0 bridgehead atoms. The number of fused-ring (bicyclic) bond motifs is 21. The molecule has 150 heavy (non-hydrogen) atoms. The maximum absolute atomic E-state index is 2.48. The number of nitrogens with zero attached hydrogens (tertiary/aromatic N) is 6. The summed E-state index contributed by atoms with van der Waals surface area (Å²) in [4.78, 5) is 0. The molecule has 6 aromatic heterocycles. The lowest BCUT2D eigenvalue weighted by atomic mass is 9.99. The lowest BCUT2D eigenvalue weighted by Gasteiger charge is -2.12. The average Bonchev–Trinajstić information content (AvgIpc) is 1.55. The number of benzene rings is 24. The Bertz CT molecular complexity index is 10400. The van der Waals surface area contributed by atoms with E-state index >= 15 is 0 Å². The molecule has 6 nitrogen and oxygen atoms in total. The Labute approximate surface area is 868 Å². The van der Waals surface area contributed by atoms with Crippen LogP contribution < -0.4 is 0 Å². The first-order valence-corrected chi connectivity index (χ1v) is 51.6. The van der Waals surface area contributed by atoms with Gasteiger partial charge in [0.1, 0.15) is 0 Å². The summed E-state index contributed by atoms with van der Waals surface area (Å²) in [6.07, 6.45) is 0. The zero-order valence-corrected chi connectivity index (χ0v) is 82.1. The third-order valence-corrected chi connectivity index (χ3v) is 30.3. The molecule has 0 aliphatic rings. The zero-order valence-electron chi connectivity index (χ0n) is 82.1. The second kappa shape index (κ2) is 37.4. The van der Waals surface area contributed by atoms with Crippen molar-refractivity contribution < 1.29 is 0 Å². The van der Waals surface area contributed by atoms with E-state index in [1.807, 2.05) is 0 Å². The Morgan fingerprint density at radius 1 is 0.0867 bits per heavy atom. The average molecular weight is 1910 g/mol. The van der Waals surface area contributed by atoms with E-state index < -0.39 is 0 Å². The van der Waals surface area contributed by atoms with E-state index in [9.17, 15) is 0 Å². The van der Waals surface area contributed by atoms with E-state index in [0.717, 1.165) is 34.1 Å². The summed E-state index contributed by atoms with van der Waals surface area (Å²) in [5.41, 5.74) is 43.2. The van der Waals surface area contributed by atoms with Gasteiger partial charge in [0.25, 0.3) is 0 Å². The van der Waals surface area contributed by atoms with E-state index in [1.165, 1.54) is 231 Å². The van der Waals surface area contributed by atoms with Crippen LogP contribution >= 0.6 is 0 Å². The van der Waals surface area contributed by atoms with Crippen LogP contribution in [0.1, 0.15) is 0 Å². The molecule has 0 aliphatic carbocycles. The van der Waals surface area contributed by atoms with Gasteiger partial charge in [-0.2, -0.15) is 0 Å². The van der Waals surface area contributed by atoms with Crippen LogP contribution in [0.25, 0.3) is 265 Å². The molecule has 702 valence electrons. The lowest BCUT2D eigenvalue weighted by molar-refractivity contribution is 1.17. The molecular weight excluding hydrogens is 1810 g/mol. The molecule has 0 fully saturated rings. The van der Waals surface area contributed by atoms with E-state index in [0.29, 0.717) is 0 Å². The highest BCUT2D eigenvalue weighted by atomic mass is 15.0. The molecular formula is C144H96N6. The Balaban J connectivity index is 0.000000108. The van der Waals surface area contributed by atoms with Crippen molar-refractivity contribution >= 4 is 131 Å². The van der Waals surface area contributed by atoms with Gasteiger partial charge in [0.05, 0.1) is 66.2 Å². The van der Waals surface area contributed by atoms with Crippen LogP contribution in [0.5, 0.6) is 0 Å². The molecule has 6 heterocycles. The molecule has 0 saturated heterocycles. The molecule has 24 aromatic carbocycles. The Kier molecular flexibility index (Phi) is 21.9.